The number of nitrogens with one attached hydrogen (secondary N) is 1. The second kappa shape index (κ2) is 9.63. The van der Waals surface area contributed by atoms with E-state index in [9.17, 15) is 28.2 Å². The first-order chi connectivity index (χ1) is 13.2. The summed E-state index contributed by atoms with van der Waals surface area (Å²) in [5, 5.41) is 21.5. The molecule has 2 aromatic rings. The van der Waals surface area contributed by atoms with Crippen LogP contribution in [0.4, 0.5) is 13.2 Å². The lowest BCUT2D eigenvalue weighted by atomic mass is 9.99. The molecule has 0 aliphatic carbocycles. The molecular weight excluding hydrogens is 375 g/mol. The average molecular weight is 397 g/mol. The molecule has 0 radical (unpaired) electrons. The van der Waals surface area contributed by atoms with Crippen LogP contribution in [0.15, 0.2) is 42.6 Å². The minimum absolute atomic E-state index is 0.265. The van der Waals surface area contributed by atoms with Crippen LogP contribution >= 0.6 is 0 Å². The van der Waals surface area contributed by atoms with E-state index in [1.807, 2.05) is 0 Å². The van der Waals surface area contributed by atoms with Crippen LogP contribution in [0, 0.1) is 0 Å². The van der Waals surface area contributed by atoms with Crippen molar-refractivity contribution in [2.45, 2.75) is 37.6 Å². The Kier molecular flexibility index (Phi) is 7.50. The summed E-state index contributed by atoms with van der Waals surface area (Å²) in [6, 6.07) is 7.68. The molecule has 1 heterocycles. The van der Waals surface area contributed by atoms with E-state index in [4.69, 9.17) is 5.73 Å². The van der Waals surface area contributed by atoms with Gasteiger partial charge in [-0.1, -0.05) is 30.3 Å². The van der Waals surface area contributed by atoms with Gasteiger partial charge in [0.05, 0.1) is 23.9 Å². The number of halogens is 3. The van der Waals surface area contributed by atoms with Crippen LogP contribution in [-0.4, -0.2) is 46.4 Å². The van der Waals surface area contributed by atoms with E-state index >= 15 is 0 Å². The largest absolute Gasteiger partial charge is 0.391 e. The van der Waals surface area contributed by atoms with Crippen LogP contribution in [0.2, 0.25) is 0 Å². The number of benzene rings is 1. The zero-order chi connectivity index (χ0) is 20.8. The van der Waals surface area contributed by atoms with Crippen molar-refractivity contribution >= 4 is 5.91 Å². The first kappa shape index (κ1) is 21.8. The Balaban J connectivity index is 2.12. The van der Waals surface area contributed by atoms with Gasteiger partial charge in [-0.3, -0.25) is 9.78 Å². The van der Waals surface area contributed by atoms with Crippen LogP contribution in [0.5, 0.6) is 0 Å². The third-order valence-corrected chi connectivity index (χ3v) is 4.31. The van der Waals surface area contributed by atoms with Gasteiger partial charge in [-0.2, -0.15) is 8.78 Å². The van der Waals surface area contributed by atoms with Gasteiger partial charge in [0.2, 0.25) is 0 Å². The molecule has 28 heavy (non-hydrogen) atoms. The van der Waals surface area contributed by atoms with Crippen molar-refractivity contribution in [2.75, 3.05) is 6.67 Å². The lowest BCUT2D eigenvalue weighted by Crippen LogP contribution is -2.43. The SMILES string of the molecule is CC(O)C(N)c1ccc(-c2ccc([C@@H](O)[C@@H](CF)NC(=O)C(F)F)cc2)cn1. The van der Waals surface area contributed by atoms with Gasteiger partial charge in [0, 0.05) is 11.8 Å². The standard InChI is InChI=1S/C19H22F3N3O3/c1-10(26)16(23)14-7-6-13(9-24-14)11-2-4-12(5-3-11)17(27)15(8-20)25-19(28)18(21)22/h2-7,9-10,15-18,26-27H,8,23H2,1H3,(H,25,28)/t10?,15-,16?,17-/m1/s1. The second-order valence-corrected chi connectivity index (χ2v) is 6.38. The van der Waals surface area contributed by atoms with Crippen molar-refractivity contribution in [1.29, 1.82) is 0 Å². The van der Waals surface area contributed by atoms with Crippen molar-refractivity contribution < 1.29 is 28.2 Å². The highest BCUT2D eigenvalue weighted by Crippen LogP contribution is 2.24. The fraction of sp³-hybridized carbons (Fsp3) is 0.368. The molecule has 9 heteroatoms. The van der Waals surface area contributed by atoms with Crippen molar-refractivity contribution in [3.8, 4) is 11.1 Å². The Bertz CT molecular complexity index is 770. The highest BCUT2D eigenvalue weighted by Gasteiger charge is 2.26. The Labute approximate surface area is 160 Å². The number of hydrogen-bond acceptors (Lipinski definition) is 5. The number of alkyl halides is 3. The molecule has 0 bridgehead atoms. The van der Waals surface area contributed by atoms with Crippen molar-refractivity contribution in [3.63, 3.8) is 0 Å². The number of hydrogen-bond donors (Lipinski definition) is 4. The molecule has 0 aliphatic rings. The van der Waals surface area contributed by atoms with E-state index in [-0.39, 0.29) is 5.56 Å². The molecule has 1 aromatic heterocycles. The number of rotatable bonds is 8. The average Bonchev–Trinajstić information content (AvgIpc) is 2.70. The highest BCUT2D eigenvalue weighted by atomic mass is 19.3. The van der Waals surface area contributed by atoms with Crippen LogP contribution < -0.4 is 11.1 Å². The molecule has 1 amide bonds. The van der Waals surface area contributed by atoms with Gasteiger partial charge in [0.15, 0.2) is 0 Å². The maximum Gasteiger partial charge on any atom is 0.315 e. The number of carbonyl (C=O) groups is 1. The highest BCUT2D eigenvalue weighted by molar-refractivity contribution is 5.79. The number of amides is 1. The van der Waals surface area contributed by atoms with Crippen molar-refractivity contribution in [1.82, 2.24) is 10.3 Å². The Hall–Kier alpha value is -2.49. The molecule has 0 saturated carbocycles. The monoisotopic (exact) mass is 397 g/mol. The van der Waals surface area contributed by atoms with E-state index in [2.05, 4.69) is 4.98 Å². The Morgan fingerprint density at radius 3 is 2.21 bits per heavy atom. The van der Waals surface area contributed by atoms with Crippen LogP contribution in [0.1, 0.15) is 30.3 Å². The summed E-state index contributed by atoms with van der Waals surface area (Å²) < 4.78 is 37.7. The van der Waals surface area contributed by atoms with E-state index in [1.54, 1.807) is 42.7 Å². The summed E-state index contributed by atoms with van der Waals surface area (Å²) in [4.78, 5) is 15.3. The van der Waals surface area contributed by atoms with Crippen molar-refractivity contribution in [3.05, 3.63) is 53.9 Å². The number of nitrogens with two attached hydrogens (primary N) is 1. The maximum absolute atomic E-state index is 13.1. The van der Waals surface area contributed by atoms with E-state index in [0.717, 1.165) is 11.1 Å². The molecule has 152 valence electrons. The summed E-state index contributed by atoms with van der Waals surface area (Å²) in [5.74, 6) is -1.64. The van der Waals surface area contributed by atoms with Crippen LogP contribution in [-0.2, 0) is 4.79 Å². The van der Waals surface area contributed by atoms with Gasteiger partial charge in [-0.25, -0.2) is 4.39 Å². The van der Waals surface area contributed by atoms with E-state index < -0.39 is 43.3 Å². The summed E-state index contributed by atoms with van der Waals surface area (Å²) in [6.45, 7) is 0.370. The summed E-state index contributed by atoms with van der Waals surface area (Å²) in [6.07, 6.45) is -3.93. The van der Waals surface area contributed by atoms with E-state index in [0.29, 0.717) is 5.69 Å². The predicted molar refractivity (Wildman–Crippen MR) is 97.2 cm³/mol. The second-order valence-electron chi connectivity index (χ2n) is 6.38. The number of aliphatic hydroxyl groups is 2. The molecule has 1 aromatic carbocycles. The van der Waals surface area contributed by atoms with Gasteiger partial charge in [0.1, 0.15) is 12.8 Å². The normalized spacial score (nSPS) is 15.7. The molecule has 0 aliphatic heterocycles. The van der Waals surface area contributed by atoms with E-state index in [1.165, 1.54) is 12.1 Å². The van der Waals surface area contributed by atoms with Gasteiger partial charge in [-0.05, 0) is 24.1 Å². The van der Waals surface area contributed by atoms with Gasteiger partial charge in [-0.15, -0.1) is 0 Å². The smallest absolute Gasteiger partial charge is 0.315 e. The fourth-order valence-electron chi connectivity index (χ4n) is 2.57. The molecule has 2 rings (SSSR count). The Morgan fingerprint density at radius 1 is 1.14 bits per heavy atom. The first-order valence-electron chi connectivity index (χ1n) is 8.57. The Morgan fingerprint density at radius 2 is 1.75 bits per heavy atom. The zero-order valence-electron chi connectivity index (χ0n) is 15.1. The molecule has 0 saturated heterocycles. The molecule has 4 atom stereocenters. The lowest BCUT2D eigenvalue weighted by Gasteiger charge is -2.22. The molecular formula is C19H22F3N3O3. The lowest BCUT2D eigenvalue weighted by molar-refractivity contribution is -0.133. The maximum atomic E-state index is 13.1. The molecule has 0 spiro atoms. The minimum Gasteiger partial charge on any atom is -0.391 e. The predicted octanol–water partition coefficient (Wildman–Crippen LogP) is 1.88. The van der Waals surface area contributed by atoms with Gasteiger partial charge >= 0.3 is 6.43 Å². The third-order valence-electron chi connectivity index (χ3n) is 4.31. The van der Waals surface area contributed by atoms with Crippen LogP contribution in [0.25, 0.3) is 11.1 Å². The summed E-state index contributed by atoms with van der Waals surface area (Å²) >= 11 is 0. The zero-order valence-corrected chi connectivity index (χ0v) is 15.1. The summed E-state index contributed by atoms with van der Waals surface area (Å²) in [7, 11) is 0. The minimum atomic E-state index is -3.29. The summed E-state index contributed by atoms with van der Waals surface area (Å²) in [5.41, 5.74) is 8.12. The van der Waals surface area contributed by atoms with Gasteiger partial charge in [0.25, 0.3) is 5.91 Å². The van der Waals surface area contributed by atoms with Crippen LogP contribution in [0.3, 0.4) is 0 Å². The first-order valence-corrected chi connectivity index (χ1v) is 8.57. The number of nitrogens with zero attached hydrogens (tertiary/aromatic N) is 1. The third kappa shape index (κ3) is 5.28. The number of aromatic nitrogens is 1. The number of carbonyl (C=O) groups excluding carboxylic acids is 1. The molecule has 5 N–H and O–H groups in total. The molecule has 0 fully saturated rings. The molecule has 6 nitrogen and oxygen atoms in total. The van der Waals surface area contributed by atoms with Crippen molar-refractivity contribution in [2.24, 2.45) is 5.73 Å². The number of aliphatic hydroxyl groups excluding tert-OH is 2. The van der Waals surface area contributed by atoms with Gasteiger partial charge < -0.3 is 21.3 Å². The quantitative estimate of drug-likeness (QED) is 0.544. The topological polar surface area (TPSA) is 108 Å². The fourth-order valence-corrected chi connectivity index (χ4v) is 2.57. The number of pyridine rings is 1. The molecule has 2 unspecified atom stereocenters.